The Labute approximate surface area is 134 Å². The highest BCUT2D eigenvalue weighted by Crippen LogP contribution is 2.29. The Bertz CT molecular complexity index is 841. The van der Waals surface area contributed by atoms with Crippen molar-refractivity contribution in [3.05, 3.63) is 35.1 Å². The highest BCUT2D eigenvalue weighted by molar-refractivity contribution is 7.07. The van der Waals surface area contributed by atoms with Gasteiger partial charge in [-0.1, -0.05) is 9.64 Å². The zero-order valence-electron chi connectivity index (χ0n) is 12.1. The fourth-order valence-corrected chi connectivity index (χ4v) is 2.92. The van der Waals surface area contributed by atoms with Gasteiger partial charge in [0.25, 0.3) is 5.91 Å². The minimum Gasteiger partial charge on any atom is -0.338 e. The molecule has 1 fully saturated rings. The van der Waals surface area contributed by atoms with Crippen molar-refractivity contribution in [3.63, 3.8) is 0 Å². The Hall–Kier alpha value is -2.75. The van der Waals surface area contributed by atoms with Crippen LogP contribution in [0.25, 0.3) is 11.5 Å². The molecule has 1 amide bonds. The van der Waals surface area contributed by atoms with E-state index in [0.29, 0.717) is 41.1 Å². The van der Waals surface area contributed by atoms with Crippen LogP contribution in [0.2, 0.25) is 0 Å². The molecular weight excluding hydrogens is 318 g/mol. The quantitative estimate of drug-likeness (QED) is 0.697. The third-order valence-corrected chi connectivity index (χ3v) is 4.41. The summed E-state index contributed by atoms with van der Waals surface area (Å²) in [6, 6.07) is 0. The van der Waals surface area contributed by atoms with Crippen molar-refractivity contribution in [1.29, 1.82) is 0 Å². The van der Waals surface area contributed by atoms with Gasteiger partial charge in [-0.2, -0.15) is 4.98 Å². The van der Waals surface area contributed by atoms with E-state index in [0.717, 1.165) is 11.5 Å². The maximum atomic E-state index is 12.3. The second kappa shape index (κ2) is 5.47. The molecule has 0 aromatic carbocycles. The summed E-state index contributed by atoms with van der Waals surface area (Å²) in [4.78, 5) is 27.0. The van der Waals surface area contributed by atoms with Gasteiger partial charge in [-0.15, -0.1) is 5.10 Å². The lowest BCUT2D eigenvalue weighted by Crippen LogP contribution is -2.48. The first-order valence-corrected chi connectivity index (χ1v) is 7.68. The third-order valence-electron chi connectivity index (χ3n) is 3.60. The second-order valence-electron chi connectivity index (χ2n) is 5.14. The van der Waals surface area contributed by atoms with Gasteiger partial charge in [-0.05, 0) is 18.5 Å². The molecule has 0 atom stereocenters. The molecule has 116 valence electrons. The van der Waals surface area contributed by atoms with E-state index in [9.17, 15) is 4.79 Å². The average Bonchev–Trinajstić information content (AvgIpc) is 3.16. The Morgan fingerprint density at radius 1 is 1.39 bits per heavy atom. The molecule has 4 rings (SSSR count). The van der Waals surface area contributed by atoms with Crippen molar-refractivity contribution in [1.82, 2.24) is 34.6 Å². The topological polar surface area (TPSA) is 111 Å². The standard InChI is InChI=1S/C13H11N7O2S/c1-7-10(23-19-17-7)13(21)20-5-8(6-20)12-16-11(18-22-12)9-4-14-2-3-15-9/h2-4,8H,5-6H2,1H3. The lowest BCUT2D eigenvalue weighted by molar-refractivity contribution is 0.0573. The maximum absolute atomic E-state index is 12.3. The number of likely N-dealkylation sites (tertiary alicyclic amines) is 1. The Morgan fingerprint density at radius 3 is 2.96 bits per heavy atom. The molecule has 0 unspecified atom stereocenters. The lowest BCUT2D eigenvalue weighted by atomic mass is 10.00. The van der Waals surface area contributed by atoms with Crippen LogP contribution in [-0.2, 0) is 0 Å². The molecule has 1 aliphatic heterocycles. The predicted molar refractivity (Wildman–Crippen MR) is 78.6 cm³/mol. The van der Waals surface area contributed by atoms with Crippen LogP contribution in [0.5, 0.6) is 0 Å². The molecular formula is C13H11N7O2S. The van der Waals surface area contributed by atoms with E-state index in [1.54, 1.807) is 30.4 Å². The zero-order chi connectivity index (χ0) is 15.8. The van der Waals surface area contributed by atoms with Crippen LogP contribution in [0.15, 0.2) is 23.1 Å². The number of rotatable bonds is 3. The summed E-state index contributed by atoms with van der Waals surface area (Å²) < 4.78 is 9.06. The fourth-order valence-electron chi connectivity index (χ4n) is 2.29. The first-order chi connectivity index (χ1) is 11.2. The van der Waals surface area contributed by atoms with Crippen molar-refractivity contribution in [3.8, 4) is 11.5 Å². The largest absolute Gasteiger partial charge is 0.338 e. The smallest absolute Gasteiger partial charge is 0.267 e. The number of hydrogen-bond acceptors (Lipinski definition) is 9. The lowest BCUT2D eigenvalue weighted by Gasteiger charge is -2.36. The molecule has 0 bridgehead atoms. The van der Waals surface area contributed by atoms with Crippen molar-refractivity contribution in [2.24, 2.45) is 0 Å². The van der Waals surface area contributed by atoms with Crippen molar-refractivity contribution >= 4 is 17.4 Å². The Balaban J connectivity index is 1.44. The van der Waals surface area contributed by atoms with Gasteiger partial charge in [0.1, 0.15) is 10.6 Å². The van der Waals surface area contributed by atoms with Gasteiger partial charge in [-0.3, -0.25) is 9.78 Å². The summed E-state index contributed by atoms with van der Waals surface area (Å²) >= 11 is 1.11. The number of aryl methyl sites for hydroxylation is 1. The Morgan fingerprint density at radius 2 is 2.26 bits per heavy atom. The summed E-state index contributed by atoms with van der Waals surface area (Å²) in [5, 5.41) is 7.77. The first-order valence-electron chi connectivity index (χ1n) is 6.90. The summed E-state index contributed by atoms with van der Waals surface area (Å²) in [7, 11) is 0. The van der Waals surface area contributed by atoms with Gasteiger partial charge in [-0.25, -0.2) is 4.98 Å². The number of aromatic nitrogens is 6. The molecule has 0 radical (unpaired) electrons. The Kier molecular flexibility index (Phi) is 3.30. The maximum Gasteiger partial charge on any atom is 0.267 e. The molecule has 0 spiro atoms. The molecule has 0 N–H and O–H groups in total. The molecule has 3 aromatic heterocycles. The van der Waals surface area contributed by atoms with Crippen LogP contribution in [0.1, 0.15) is 27.2 Å². The highest BCUT2D eigenvalue weighted by atomic mass is 32.1. The van der Waals surface area contributed by atoms with E-state index in [2.05, 4.69) is 29.7 Å². The van der Waals surface area contributed by atoms with E-state index in [1.165, 1.54) is 0 Å². The molecule has 3 aromatic rings. The number of nitrogens with zero attached hydrogens (tertiary/aromatic N) is 7. The van der Waals surface area contributed by atoms with Crippen LogP contribution < -0.4 is 0 Å². The summed E-state index contributed by atoms with van der Waals surface area (Å²) in [5.41, 5.74) is 1.22. The average molecular weight is 329 g/mol. The summed E-state index contributed by atoms with van der Waals surface area (Å²) in [6.07, 6.45) is 4.72. The first kappa shape index (κ1) is 13.9. The van der Waals surface area contributed by atoms with Crippen LogP contribution in [0, 0.1) is 6.92 Å². The molecule has 4 heterocycles. The van der Waals surface area contributed by atoms with E-state index in [1.807, 2.05) is 0 Å². The molecule has 1 saturated heterocycles. The second-order valence-corrected chi connectivity index (χ2v) is 5.90. The predicted octanol–water partition coefficient (Wildman–Crippen LogP) is 0.926. The number of carbonyl (C=O) groups is 1. The number of carbonyl (C=O) groups excluding carboxylic acids is 1. The molecule has 0 saturated carbocycles. The van der Waals surface area contributed by atoms with Gasteiger partial charge in [0, 0.05) is 25.5 Å². The number of amides is 1. The van der Waals surface area contributed by atoms with Crippen LogP contribution in [0.3, 0.4) is 0 Å². The summed E-state index contributed by atoms with van der Waals surface area (Å²) in [5.74, 6) is 0.898. The van der Waals surface area contributed by atoms with Gasteiger partial charge in [0.05, 0.1) is 17.8 Å². The van der Waals surface area contributed by atoms with Crippen LogP contribution >= 0.6 is 11.5 Å². The minimum atomic E-state index is -0.0533. The molecule has 0 aliphatic carbocycles. The minimum absolute atomic E-state index is 0.0399. The monoisotopic (exact) mass is 329 g/mol. The zero-order valence-corrected chi connectivity index (χ0v) is 12.9. The fraction of sp³-hybridized carbons (Fsp3) is 0.308. The highest BCUT2D eigenvalue weighted by Gasteiger charge is 2.37. The van der Waals surface area contributed by atoms with E-state index in [-0.39, 0.29) is 11.8 Å². The molecule has 23 heavy (non-hydrogen) atoms. The molecule has 10 heteroatoms. The molecule has 9 nitrogen and oxygen atoms in total. The SMILES string of the molecule is Cc1nnsc1C(=O)N1CC(c2nc(-c3cnccn3)no2)C1. The van der Waals surface area contributed by atoms with Gasteiger partial charge in [0.2, 0.25) is 11.7 Å². The van der Waals surface area contributed by atoms with E-state index < -0.39 is 0 Å². The van der Waals surface area contributed by atoms with Gasteiger partial charge >= 0.3 is 0 Å². The van der Waals surface area contributed by atoms with Crippen LogP contribution in [0.4, 0.5) is 0 Å². The van der Waals surface area contributed by atoms with E-state index >= 15 is 0 Å². The summed E-state index contributed by atoms with van der Waals surface area (Å²) in [6.45, 7) is 2.86. The van der Waals surface area contributed by atoms with Crippen molar-refractivity contribution in [2.75, 3.05) is 13.1 Å². The third kappa shape index (κ3) is 2.46. The van der Waals surface area contributed by atoms with E-state index in [4.69, 9.17) is 4.52 Å². The molecule has 1 aliphatic rings. The van der Waals surface area contributed by atoms with Crippen molar-refractivity contribution < 1.29 is 9.32 Å². The number of hydrogen-bond donors (Lipinski definition) is 0. The van der Waals surface area contributed by atoms with Crippen LogP contribution in [-0.4, -0.2) is 53.6 Å². The normalized spacial score (nSPS) is 14.7. The van der Waals surface area contributed by atoms with Gasteiger partial charge < -0.3 is 9.42 Å². The van der Waals surface area contributed by atoms with Crippen molar-refractivity contribution in [2.45, 2.75) is 12.8 Å². The van der Waals surface area contributed by atoms with Gasteiger partial charge in [0.15, 0.2) is 0 Å².